The van der Waals surface area contributed by atoms with Crippen molar-refractivity contribution in [2.75, 3.05) is 40.3 Å². The van der Waals surface area contributed by atoms with Gasteiger partial charge in [-0.2, -0.15) is 18.3 Å². The van der Waals surface area contributed by atoms with Gasteiger partial charge in [0.25, 0.3) is 0 Å². The summed E-state index contributed by atoms with van der Waals surface area (Å²) < 4.78 is 43.9. The minimum atomic E-state index is -4.21. The Labute approximate surface area is 173 Å². The Bertz CT molecular complexity index is 843. The molecule has 1 saturated heterocycles. The van der Waals surface area contributed by atoms with E-state index in [1.165, 1.54) is 11.8 Å². The van der Waals surface area contributed by atoms with E-state index in [9.17, 15) is 13.2 Å². The molecule has 1 atom stereocenters. The largest absolute Gasteiger partial charge is 0.497 e. The summed E-state index contributed by atoms with van der Waals surface area (Å²) in [4.78, 5) is 12.1. The van der Waals surface area contributed by atoms with Crippen LogP contribution in [0.5, 0.6) is 5.75 Å². The molecular formula is C19H26F3N7O. The van der Waals surface area contributed by atoms with Gasteiger partial charge in [-0.25, -0.2) is 4.98 Å². The van der Waals surface area contributed by atoms with E-state index in [1.807, 2.05) is 29.2 Å². The Kier molecular flexibility index (Phi) is 6.80. The van der Waals surface area contributed by atoms with E-state index >= 15 is 0 Å². The lowest BCUT2D eigenvalue weighted by molar-refractivity contribution is -0.181. The summed E-state index contributed by atoms with van der Waals surface area (Å²) >= 11 is 0. The third-order valence-electron chi connectivity index (χ3n) is 5.14. The Morgan fingerprint density at radius 2 is 1.90 bits per heavy atom. The van der Waals surface area contributed by atoms with E-state index in [0.29, 0.717) is 50.3 Å². The van der Waals surface area contributed by atoms with Gasteiger partial charge in [0.1, 0.15) is 17.6 Å². The normalized spacial score (nSPS) is 17.1. The lowest BCUT2D eigenvalue weighted by atomic mass is 10.2. The number of ether oxygens (including phenoxy) is 1. The number of H-pyrrole nitrogens is 1. The molecule has 0 spiro atoms. The van der Waals surface area contributed by atoms with E-state index in [-0.39, 0.29) is 0 Å². The molecule has 1 aliphatic heterocycles. The maximum Gasteiger partial charge on any atom is 0.403 e. The molecule has 11 heteroatoms. The smallest absolute Gasteiger partial charge is 0.403 e. The Morgan fingerprint density at radius 3 is 2.47 bits per heavy atom. The van der Waals surface area contributed by atoms with Crippen LogP contribution in [0.3, 0.4) is 0 Å². The molecule has 1 aromatic carbocycles. The van der Waals surface area contributed by atoms with Crippen molar-refractivity contribution in [1.82, 2.24) is 30.3 Å². The van der Waals surface area contributed by atoms with Crippen LogP contribution in [-0.4, -0.2) is 83.5 Å². The maximum atomic E-state index is 12.9. The molecule has 1 unspecified atom stereocenters. The van der Waals surface area contributed by atoms with Crippen molar-refractivity contribution in [2.24, 2.45) is 4.99 Å². The quantitative estimate of drug-likeness (QED) is 0.564. The van der Waals surface area contributed by atoms with E-state index in [1.54, 1.807) is 14.2 Å². The van der Waals surface area contributed by atoms with E-state index in [2.05, 4.69) is 25.5 Å². The summed E-state index contributed by atoms with van der Waals surface area (Å²) in [5.41, 5.74) is 0.859. The molecule has 0 amide bonds. The predicted molar refractivity (Wildman–Crippen MR) is 107 cm³/mol. The highest BCUT2D eigenvalue weighted by molar-refractivity contribution is 5.79. The van der Waals surface area contributed by atoms with E-state index < -0.39 is 12.2 Å². The van der Waals surface area contributed by atoms with Gasteiger partial charge in [-0.05, 0) is 31.2 Å². The molecule has 8 nitrogen and oxygen atoms in total. The first-order chi connectivity index (χ1) is 14.3. The average molecular weight is 425 g/mol. The second-order valence-electron chi connectivity index (χ2n) is 6.98. The number of alkyl halides is 3. The van der Waals surface area contributed by atoms with Crippen LogP contribution in [-0.2, 0) is 6.54 Å². The summed E-state index contributed by atoms with van der Waals surface area (Å²) in [6.45, 7) is 3.15. The van der Waals surface area contributed by atoms with E-state index in [0.717, 1.165) is 11.3 Å². The van der Waals surface area contributed by atoms with Crippen LogP contribution in [0.1, 0.15) is 12.7 Å². The van der Waals surface area contributed by atoms with Crippen molar-refractivity contribution in [3.8, 4) is 17.1 Å². The molecule has 0 saturated carbocycles. The Morgan fingerprint density at radius 1 is 1.23 bits per heavy atom. The van der Waals surface area contributed by atoms with Gasteiger partial charge in [-0.3, -0.25) is 15.0 Å². The van der Waals surface area contributed by atoms with Gasteiger partial charge in [0, 0.05) is 38.8 Å². The van der Waals surface area contributed by atoms with Crippen molar-refractivity contribution in [3.63, 3.8) is 0 Å². The zero-order valence-electron chi connectivity index (χ0n) is 17.2. The molecular weight excluding hydrogens is 399 g/mol. The Balaban J connectivity index is 1.53. The standard InChI is InChI=1S/C19H26F3N7O/c1-13(19(20,21)22)28-8-10-29(11-9-28)18(23-2)24-12-16-25-17(27-26-16)14-4-6-15(30-3)7-5-14/h4-7,13H,8-12H2,1-3H3,(H,23,24)(H,25,26,27). The highest BCUT2D eigenvalue weighted by Crippen LogP contribution is 2.25. The molecule has 2 heterocycles. The summed E-state index contributed by atoms with van der Waals surface area (Å²) in [6, 6.07) is 5.98. The fraction of sp³-hybridized carbons (Fsp3) is 0.526. The van der Waals surface area contributed by atoms with Crippen molar-refractivity contribution in [3.05, 3.63) is 30.1 Å². The maximum absolute atomic E-state index is 12.9. The average Bonchev–Trinajstić information content (AvgIpc) is 3.22. The van der Waals surface area contributed by atoms with Gasteiger partial charge >= 0.3 is 6.18 Å². The van der Waals surface area contributed by atoms with Crippen molar-refractivity contribution in [1.29, 1.82) is 0 Å². The van der Waals surface area contributed by atoms with Crippen LogP contribution in [0.25, 0.3) is 11.4 Å². The number of benzene rings is 1. The number of halogens is 3. The first-order valence-electron chi connectivity index (χ1n) is 9.64. The molecule has 2 N–H and O–H groups in total. The molecule has 164 valence electrons. The summed E-state index contributed by atoms with van der Waals surface area (Å²) in [6.07, 6.45) is -4.21. The zero-order valence-corrected chi connectivity index (χ0v) is 17.2. The van der Waals surface area contributed by atoms with Crippen LogP contribution in [0.2, 0.25) is 0 Å². The third-order valence-corrected chi connectivity index (χ3v) is 5.14. The van der Waals surface area contributed by atoms with Crippen molar-refractivity contribution >= 4 is 5.96 Å². The minimum absolute atomic E-state index is 0.325. The van der Waals surface area contributed by atoms with Crippen molar-refractivity contribution in [2.45, 2.75) is 25.7 Å². The number of hydrogen-bond acceptors (Lipinski definition) is 5. The lowest BCUT2D eigenvalue weighted by Crippen LogP contribution is -2.56. The molecule has 2 aromatic rings. The van der Waals surface area contributed by atoms with Gasteiger partial charge in [0.15, 0.2) is 11.8 Å². The number of methoxy groups -OCH3 is 1. The number of aliphatic imine (C=N–C) groups is 1. The number of rotatable bonds is 5. The number of hydrogen-bond donors (Lipinski definition) is 2. The fourth-order valence-electron chi connectivity index (χ4n) is 3.27. The van der Waals surface area contributed by atoms with Crippen LogP contribution in [0, 0.1) is 0 Å². The highest BCUT2D eigenvalue weighted by atomic mass is 19.4. The fourth-order valence-corrected chi connectivity index (χ4v) is 3.27. The van der Waals surface area contributed by atoms with Gasteiger partial charge in [-0.15, -0.1) is 0 Å². The van der Waals surface area contributed by atoms with Crippen LogP contribution in [0.4, 0.5) is 13.2 Å². The first-order valence-corrected chi connectivity index (χ1v) is 9.64. The molecule has 1 fully saturated rings. The summed E-state index contributed by atoms with van der Waals surface area (Å²) in [5, 5.41) is 10.3. The second kappa shape index (κ2) is 9.33. The zero-order chi connectivity index (χ0) is 21.7. The number of nitrogens with zero attached hydrogens (tertiary/aromatic N) is 5. The monoisotopic (exact) mass is 425 g/mol. The number of aromatic nitrogens is 3. The molecule has 0 aliphatic carbocycles. The third kappa shape index (κ3) is 5.21. The molecule has 3 rings (SSSR count). The summed E-state index contributed by atoms with van der Waals surface area (Å²) in [5.74, 6) is 2.58. The van der Waals surface area contributed by atoms with E-state index in [4.69, 9.17) is 4.74 Å². The van der Waals surface area contributed by atoms with Crippen LogP contribution < -0.4 is 10.1 Å². The number of aromatic amines is 1. The SMILES string of the molecule is CN=C(NCc1nc(-c2ccc(OC)cc2)n[nH]1)N1CCN(C(C)C(F)(F)F)CC1. The van der Waals surface area contributed by atoms with Gasteiger partial charge in [0.2, 0.25) is 0 Å². The molecule has 1 aromatic heterocycles. The molecule has 30 heavy (non-hydrogen) atoms. The highest BCUT2D eigenvalue weighted by Gasteiger charge is 2.41. The van der Waals surface area contributed by atoms with Crippen LogP contribution in [0.15, 0.2) is 29.3 Å². The Hall–Kier alpha value is -2.82. The van der Waals surface area contributed by atoms with Gasteiger partial charge in [0.05, 0.1) is 13.7 Å². The second-order valence-corrected chi connectivity index (χ2v) is 6.98. The van der Waals surface area contributed by atoms with Gasteiger partial charge in [-0.1, -0.05) is 0 Å². The predicted octanol–water partition coefficient (Wildman–Crippen LogP) is 2.12. The molecule has 0 radical (unpaired) electrons. The van der Waals surface area contributed by atoms with Gasteiger partial charge < -0.3 is 15.0 Å². The first kappa shape index (κ1) is 21.9. The molecule has 1 aliphatic rings. The lowest BCUT2D eigenvalue weighted by Gasteiger charge is -2.39. The molecule has 0 bridgehead atoms. The van der Waals surface area contributed by atoms with Crippen molar-refractivity contribution < 1.29 is 17.9 Å². The minimum Gasteiger partial charge on any atom is -0.497 e. The number of nitrogens with one attached hydrogen (secondary N) is 2. The topological polar surface area (TPSA) is 81.7 Å². The van der Waals surface area contributed by atoms with Crippen LogP contribution >= 0.6 is 0 Å². The number of guanidine groups is 1. The number of piperazine rings is 1. The summed E-state index contributed by atoms with van der Waals surface area (Å²) in [7, 11) is 3.26.